The molecule has 2 aromatic carbocycles. The summed E-state index contributed by atoms with van der Waals surface area (Å²) < 4.78 is 10.7. The Balaban J connectivity index is 1.70. The maximum absolute atomic E-state index is 13.6. The summed E-state index contributed by atoms with van der Waals surface area (Å²) in [6, 6.07) is 15.0. The van der Waals surface area contributed by atoms with E-state index in [-0.39, 0.29) is 23.6 Å². The Kier molecular flexibility index (Phi) is 5.01. The van der Waals surface area contributed by atoms with Gasteiger partial charge in [-0.1, -0.05) is 29.8 Å². The molecule has 4 aromatic rings. The number of ether oxygens (including phenoxy) is 1. The molecule has 7 heteroatoms. The third kappa shape index (κ3) is 3.47. The summed E-state index contributed by atoms with van der Waals surface area (Å²) in [7, 11) is 1.32. The van der Waals surface area contributed by atoms with Crippen LogP contribution < -0.4 is 5.43 Å². The Bertz CT molecular complexity index is 1440. The predicted molar refractivity (Wildman–Crippen MR) is 121 cm³/mol. The van der Waals surface area contributed by atoms with Gasteiger partial charge in [0, 0.05) is 18.9 Å². The fourth-order valence-electron chi connectivity index (χ4n) is 4.25. The zero-order valence-corrected chi connectivity index (χ0v) is 18.1. The smallest absolute Gasteiger partial charge is 0.337 e. The lowest BCUT2D eigenvalue weighted by Crippen LogP contribution is -2.29. The number of aryl methyl sites for hydroxylation is 1. The third-order valence-electron chi connectivity index (χ3n) is 5.84. The maximum Gasteiger partial charge on any atom is 0.337 e. The van der Waals surface area contributed by atoms with Gasteiger partial charge in [0.05, 0.1) is 29.7 Å². The van der Waals surface area contributed by atoms with Gasteiger partial charge < -0.3 is 14.1 Å². The second kappa shape index (κ2) is 8.02. The summed E-state index contributed by atoms with van der Waals surface area (Å²) in [6.45, 7) is 2.14. The monoisotopic (exact) mass is 440 g/mol. The van der Waals surface area contributed by atoms with Gasteiger partial charge in [0.15, 0.2) is 5.43 Å². The quantitative estimate of drug-likeness (QED) is 0.445. The minimum absolute atomic E-state index is 0.0438. The van der Waals surface area contributed by atoms with E-state index in [9.17, 15) is 14.4 Å². The molecule has 0 radical (unpaired) electrons. The lowest BCUT2D eigenvalue weighted by Gasteiger charge is -2.25. The molecule has 1 unspecified atom stereocenters. The number of rotatable bonds is 4. The Hall–Kier alpha value is -4.26. The molecule has 5 rings (SSSR count). The standard InChI is InChI=1S/C26H20N2O5/c1-15-5-10-20-19(12-15)23(29)21-22(17-6-8-18(9-7-17)26(31)32-2)28(25(30)24(21)33-20)14-16-4-3-11-27-13-16/h3-13,22H,14H2,1-2H3. The number of esters is 1. The first kappa shape index (κ1) is 20.6. The molecule has 1 atom stereocenters. The lowest BCUT2D eigenvalue weighted by molar-refractivity contribution is 0.0599. The maximum atomic E-state index is 13.6. The summed E-state index contributed by atoms with van der Waals surface area (Å²) in [5.74, 6) is -0.782. The van der Waals surface area contributed by atoms with E-state index in [1.54, 1.807) is 59.8 Å². The predicted octanol–water partition coefficient (Wildman–Crippen LogP) is 4.03. The molecule has 33 heavy (non-hydrogen) atoms. The van der Waals surface area contributed by atoms with Crippen LogP contribution >= 0.6 is 0 Å². The second-order valence-electron chi connectivity index (χ2n) is 7.98. The van der Waals surface area contributed by atoms with E-state index >= 15 is 0 Å². The highest BCUT2D eigenvalue weighted by Crippen LogP contribution is 2.39. The van der Waals surface area contributed by atoms with Crippen LogP contribution in [0.4, 0.5) is 0 Å². The second-order valence-corrected chi connectivity index (χ2v) is 7.98. The first-order chi connectivity index (χ1) is 16.0. The van der Waals surface area contributed by atoms with Gasteiger partial charge in [-0.05, 0) is 48.4 Å². The van der Waals surface area contributed by atoms with Crippen molar-refractivity contribution in [1.82, 2.24) is 9.88 Å². The van der Waals surface area contributed by atoms with Crippen molar-refractivity contribution in [3.63, 3.8) is 0 Å². The zero-order chi connectivity index (χ0) is 23.1. The summed E-state index contributed by atoms with van der Waals surface area (Å²) in [5.41, 5.74) is 3.25. The van der Waals surface area contributed by atoms with Crippen LogP contribution in [0.15, 0.2) is 76.2 Å². The topological polar surface area (TPSA) is 89.7 Å². The Morgan fingerprint density at radius 1 is 1.12 bits per heavy atom. The van der Waals surface area contributed by atoms with Crippen LogP contribution in [0, 0.1) is 6.92 Å². The van der Waals surface area contributed by atoms with Crippen molar-refractivity contribution in [3.8, 4) is 0 Å². The van der Waals surface area contributed by atoms with E-state index in [1.807, 2.05) is 19.1 Å². The van der Waals surface area contributed by atoms with Gasteiger partial charge in [-0.15, -0.1) is 0 Å². The van der Waals surface area contributed by atoms with Crippen molar-refractivity contribution in [3.05, 3.63) is 111 Å². The van der Waals surface area contributed by atoms with Gasteiger partial charge in [0.2, 0.25) is 5.76 Å². The number of pyridine rings is 1. The highest BCUT2D eigenvalue weighted by atomic mass is 16.5. The molecule has 1 aliphatic rings. The molecule has 0 saturated carbocycles. The number of hydrogen-bond acceptors (Lipinski definition) is 6. The third-order valence-corrected chi connectivity index (χ3v) is 5.84. The van der Waals surface area contributed by atoms with Crippen LogP contribution in [0.2, 0.25) is 0 Å². The van der Waals surface area contributed by atoms with Crippen LogP contribution in [0.25, 0.3) is 11.0 Å². The van der Waals surface area contributed by atoms with Crippen LogP contribution in [-0.4, -0.2) is 28.9 Å². The summed E-state index contributed by atoms with van der Waals surface area (Å²) >= 11 is 0. The summed E-state index contributed by atoms with van der Waals surface area (Å²) in [6.07, 6.45) is 3.34. The lowest BCUT2D eigenvalue weighted by atomic mass is 9.97. The molecule has 7 nitrogen and oxygen atoms in total. The van der Waals surface area contributed by atoms with Gasteiger partial charge in [0.1, 0.15) is 5.58 Å². The zero-order valence-electron chi connectivity index (χ0n) is 18.1. The van der Waals surface area contributed by atoms with Crippen molar-refractivity contribution < 1.29 is 18.7 Å². The van der Waals surface area contributed by atoms with Gasteiger partial charge in [0.25, 0.3) is 5.91 Å². The number of fused-ring (bicyclic) bond motifs is 2. The highest BCUT2D eigenvalue weighted by molar-refractivity contribution is 5.99. The molecule has 2 aromatic heterocycles. The van der Waals surface area contributed by atoms with Crippen molar-refractivity contribution in [2.75, 3.05) is 7.11 Å². The number of hydrogen-bond donors (Lipinski definition) is 0. The molecule has 1 amide bonds. The van der Waals surface area contributed by atoms with Crippen LogP contribution in [0.3, 0.4) is 0 Å². The normalized spacial score (nSPS) is 15.0. The minimum Gasteiger partial charge on any atom is -0.465 e. The Labute approximate surface area is 189 Å². The van der Waals surface area contributed by atoms with E-state index in [1.165, 1.54) is 7.11 Å². The number of carbonyl (C=O) groups is 2. The van der Waals surface area contributed by atoms with Crippen LogP contribution in [0.5, 0.6) is 0 Å². The Morgan fingerprint density at radius 2 is 1.91 bits per heavy atom. The van der Waals surface area contributed by atoms with Crippen LogP contribution in [0.1, 0.15) is 49.2 Å². The van der Waals surface area contributed by atoms with Crippen molar-refractivity contribution in [1.29, 1.82) is 0 Å². The molecule has 164 valence electrons. The molecular weight excluding hydrogens is 420 g/mol. The SMILES string of the molecule is COC(=O)c1ccc(C2c3c(oc4ccc(C)cc4c3=O)C(=O)N2Cc2cccnc2)cc1. The number of benzene rings is 2. The summed E-state index contributed by atoms with van der Waals surface area (Å²) in [4.78, 5) is 44.7. The number of nitrogens with zero attached hydrogens (tertiary/aromatic N) is 2. The minimum atomic E-state index is -0.666. The highest BCUT2D eigenvalue weighted by Gasteiger charge is 2.42. The van der Waals surface area contributed by atoms with Gasteiger partial charge in [-0.2, -0.15) is 0 Å². The molecule has 0 bridgehead atoms. The number of carbonyl (C=O) groups excluding carboxylic acids is 2. The van der Waals surface area contributed by atoms with E-state index < -0.39 is 12.0 Å². The summed E-state index contributed by atoms with van der Waals surface area (Å²) in [5, 5.41) is 0.431. The average molecular weight is 440 g/mol. The first-order valence-electron chi connectivity index (χ1n) is 10.4. The van der Waals surface area contributed by atoms with E-state index in [2.05, 4.69) is 4.98 Å². The van der Waals surface area contributed by atoms with Gasteiger partial charge in [-0.3, -0.25) is 14.6 Å². The molecule has 1 aliphatic heterocycles. The van der Waals surface area contributed by atoms with Gasteiger partial charge in [-0.25, -0.2) is 4.79 Å². The van der Waals surface area contributed by atoms with Gasteiger partial charge >= 0.3 is 5.97 Å². The van der Waals surface area contributed by atoms with Crippen molar-refractivity contribution >= 4 is 22.8 Å². The average Bonchev–Trinajstić information content (AvgIpc) is 3.11. The van der Waals surface area contributed by atoms with E-state index in [0.717, 1.165) is 11.1 Å². The Morgan fingerprint density at radius 3 is 2.61 bits per heavy atom. The molecular formula is C26H20N2O5. The van der Waals surface area contributed by atoms with Crippen LogP contribution in [-0.2, 0) is 11.3 Å². The number of methoxy groups -OCH3 is 1. The first-order valence-corrected chi connectivity index (χ1v) is 10.4. The van der Waals surface area contributed by atoms with E-state index in [4.69, 9.17) is 9.15 Å². The fraction of sp³-hybridized carbons (Fsp3) is 0.154. The van der Waals surface area contributed by atoms with E-state index in [0.29, 0.717) is 27.7 Å². The largest absolute Gasteiger partial charge is 0.465 e. The molecule has 0 aliphatic carbocycles. The molecule has 0 fully saturated rings. The molecule has 0 saturated heterocycles. The van der Waals surface area contributed by atoms with Crippen molar-refractivity contribution in [2.24, 2.45) is 0 Å². The fourth-order valence-corrected chi connectivity index (χ4v) is 4.25. The van der Waals surface area contributed by atoms with Crippen molar-refractivity contribution in [2.45, 2.75) is 19.5 Å². The molecule has 0 N–H and O–H groups in total. The number of aromatic nitrogens is 1. The number of amides is 1. The molecule has 0 spiro atoms. The molecule has 3 heterocycles.